The fourth-order valence-electron chi connectivity index (χ4n) is 2.42. The normalized spacial score (nSPS) is 19.5. The summed E-state index contributed by atoms with van der Waals surface area (Å²) in [7, 11) is 0. The smallest absolute Gasteiger partial charge is 0.329 e. The molecule has 1 aliphatic carbocycles. The third-order valence-corrected chi connectivity index (χ3v) is 4.43. The Kier molecular flexibility index (Phi) is 6.48. The van der Waals surface area contributed by atoms with Crippen LogP contribution in [0, 0.1) is 5.92 Å². The Hall–Kier alpha value is -0.910. The maximum absolute atomic E-state index is 11.8. The average Bonchev–Trinajstić information content (AvgIpc) is 2.38. The molecule has 0 aromatic heterocycles. The molecule has 1 atom stereocenters. The van der Waals surface area contributed by atoms with E-state index in [-0.39, 0.29) is 6.03 Å². The lowest BCUT2D eigenvalue weighted by molar-refractivity contribution is -0.145. The van der Waals surface area contributed by atoms with Crippen LogP contribution in [0.2, 0.25) is 0 Å². The minimum Gasteiger partial charge on any atom is -0.480 e. The Balaban J connectivity index is 2.46. The fraction of sp³-hybridized carbons (Fsp3) is 0.846. The van der Waals surface area contributed by atoms with Crippen LogP contribution in [-0.2, 0) is 4.79 Å². The molecule has 1 rings (SSSR count). The lowest BCUT2D eigenvalue weighted by Crippen LogP contribution is -2.58. The molecule has 6 heteroatoms. The van der Waals surface area contributed by atoms with Gasteiger partial charge in [-0.2, -0.15) is 11.8 Å². The highest BCUT2D eigenvalue weighted by Crippen LogP contribution is 2.28. The molecule has 1 aliphatic rings. The van der Waals surface area contributed by atoms with Crippen LogP contribution in [0.1, 0.15) is 39.0 Å². The number of carbonyl (C=O) groups excluding carboxylic acids is 1. The number of hydrogen-bond donors (Lipinski definition) is 3. The highest BCUT2D eigenvalue weighted by Gasteiger charge is 2.40. The van der Waals surface area contributed by atoms with Crippen molar-refractivity contribution in [3.8, 4) is 0 Å². The summed E-state index contributed by atoms with van der Waals surface area (Å²) in [6.45, 7) is 2.63. The van der Waals surface area contributed by atoms with Crippen LogP contribution in [0.25, 0.3) is 0 Å². The predicted molar refractivity (Wildman–Crippen MR) is 77.5 cm³/mol. The van der Waals surface area contributed by atoms with Gasteiger partial charge in [-0.3, -0.25) is 0 Å². The summed E-state index contributed by atoms with van der Waals surface area (Å²) < 4.78 is 0. The summed E-state index contributed by atoms with van der Waals surface area (Å²) in [6, 6.07) is -0.364. The lowest BCUT2D eigenvalue weighted by Gasteiger charge is -2.34. The van der Waals surface area contributed by atoms with Crippen molar-refractivity contribution in [2.75, 3.05) is 18.6 Å². The number of rotatable bonds is 6. The molecule has 3 N–H and O–H groups in total. The van der Waals surface area contributed by atoms with Crippen molar-refractivity contribution in [3.05, 3.63) is 0 Å². The largest absolute Gasteiger partial charge is 0.480 e. The van der Waals surface area contributed by atoms with Crippen molar-refractivity contribution in [1.29, 1.82) is 0 Å². The number of aliphatic carboxylic acids is 1. The molecule has 0 heterocycles. The molecule has 5 nitrogen and oxygen atoms in total. The molecule has 2 amide bonds. The first-order valence-electron chi connectivity index (χ1n) is 6.78. The van der Waals surface area contributed by atoms with Crippen LogP contribution in [0.5, 0.6) is 0 Å². The number of thioether (sulfide) groups is 1. The van der Waals surface area contributed by atoms with Crippen molar-refractivity contribution >= 4 is 23.8 Å². The first kappa shape index (κ1) is 16.1. The number of urea groups is 1. The third kappa shape index (κ3) is 4.93. The standard InChI is InChI=1S/C13H24N2O3S/c1-10(9-19-2)8-14-12(18)15-13(11(16)17)6-4-3-5-7-13/h10H,3-9H2,1-2H3,(H,16,17)(H2,14,15,18). The zero-order chi connectivity index (χ0) is 14.3. The zero-order valence-corrected chi connectivity index (χ0v) is 12.5. The predicted octanol–water partition coefficient (Wildman–Crippen LogP) is 2.07. The second kappa shape index (κ2) is 7.62. The molecule has 1 saturated carbocycles. The summed E-state index contributed by atoms with van der Waals surface area (Å²) in [5.41, 5.74) is -1.06. The Bertz CT molecular complexity index is 317. The van der Waals surface area contributed by atoms with E-state index in [2.05, 4.69) is 17.6 Å². The number of hydrogen-bond acceptors (Lipinski definition) is 3. The van der Waals surface area contributed by atoms with Gasteiger partial charge >= 0.3 is 12.0 Å². The van der Waals surface area contributed by atoms with Gasteiger partial charge < -0.3 is 15.7 Å². The first-order chi connectivity index (χ1) is 9.00. The van der Waals surface area contributed by atoms with Crippen LogP contribution >= 0.6 is 11.8 Å². The van der Waals surface area contributed by atoms with Gasteiger partial charge in [-0.15, -0.1) is 0 Å². The summed E-state index contributed by atoms with van der Waals surface area (Å²) in [6.07, 6.45) is 5.83. The van der Waals surface area contributed by atoms with Gasteiger partial charge in [0.05, 0.1) is 0 Å². The molecule has 19 heavy (non-hydrogen) atoms. The van der Waals surface area contributed by atoms with E-state index in [1.54, 1.807) is 11.8 Å². The lowest BCUT2D eigenvalue weighted by atomic mass is 9.82. The van der Waals surface area contributed by atoms with Crippen LogP contribution in [0.15, 0.2) is 0 Å². The van der Waals surface area contributed by atoms with E-state index in [0.717, 1.165) is 25.0 Å². The minimum atomic E-state index is -1.06. The van der Waals surface area contributed by atoms with Gasteiger partial charge in [0.15, 0.2) is 0 Å². The molecule has 0 spiro atoms. The van der Waals surface area contributed by atoms with Crippen LogP contribution in [0.4, 0.5) is 4.79 Å². The van der Waals surface area contributed by atoms with Gasteiger partial charge in [0.25, 0.3) is 0 Å². The summed E-state index contributed by atoms with van der Waals surface area (Å²) in [5.74, 6) is 0.442. The molecule has 1 unspecified atom stereocenters. The van der Waals surface area contributed by atoms with E-state index in [1.807, 2.05) is 6.26 Å². The number of carboxylic acid groups (broad SMARTS) is 1. The van der Waals surface area contributed by atoms with Crippen molar-refractivity contribution in [2.45, 2.75) is 44.6 Å². The van der Waals surface area contributed by atoms with Crippen LogP contribution < -0.4 is 10.6 Å². The Morgan fingerprint density at radius 1 is 1.32 bits per heavy atom. The molecular formula is C13H24N2O3S. The van der Waals surface area contributed by atoms with Gasteiger partial charge in [-0.05, 0) is 30.8 Å². The SMILES string of the molecule is CSCC(C)CNC(=O)NC1(C(=O)O)CCCCC1. The molecule has 0 radical (unpaired) electrons. The van der Waals surface area contributed by atoms with Crippen molar-refractivity contribution in [3.63, 3.8) is 0 Å². The molecule has 110 valence electrons. The number of carbonyl (C=O) groups is 2. The molecule has 1 fully saturated rings. The highest BCUT2D eigenvalue weighted by molar-refractivity contribution is 7.98. The molecule has 0 bridgehead atoms. The van der Waals surface area contributed by atoms with E-state index < -0.39 is 11.5 Å². The van der Waals surface area contributed by atoms with Crippen molar-refractivity contribution in [1.82, 2.24) is 10.6 Å². The minimum absolute atomic E-state index is 0.364. The third-order valence-electron chi connectivity index (χ3n) is 3.53. The van der Waals surface area contributed by atoms with Crippen molar-refractivity contribution < 1.29 is 14.7 Å². The summed E-state index contributed by atoms with van der Waals surface area (Å²) in [4.78, 5) is 23.2. The quantitative estimate of drug-likeness (QED) is 0.699. The monoisotopic (exact) mass is 288 g/mol. The summed E-state index contributed by atoms with van der Waals surface area (Å²) in [5, 5.41) is 14.8. The second-order valence-electron chi connectivity index (χ2n) is 5.34. The fourth-order valence-corrected chi connectivity index (χ4v) is 3.11. The average molecular weight is 288 g/mol. The molecule has 0 aliphatic heterocycles. The molecule has 0 aromatic rings. The molecule has 0 saturated heterocycles. The molecule has 0 aromatic carbocycles. The maximum atomic E-state index is 11.8. The van der Waals surface area contributed by atoms with E-state index >= 15 is 0 Å². The zero-order valence-electron chi connectivity index (χ0n) is 11.7. The van der Waals surface area contributed by atoms with E-state index in [4.69, 9.17) is 0 Å². The van der Waals surface area contributed by atoms with Gasteiger partial charge in [0, 0.05) is 6.54 Å². The van der Waals surface area contributed by atoms with Crippen LogP contribution in [0.3, 0.4) is 0 Å². The Labute approximate surface area is 118 Å². The van der Waals surface area contributed by atoms with E-state index in [9.17, 15) is 14.7 Å². The Morgan fingerprint density at radius 3 is 2.47 bits per heavy atom. The molecular weight excluding hydrogens is 264 g/mol. The number of nitrogens with one attached hydrogen (secondary N) is 2. The highest BCUT2D eigenvalue weighted by atomic mass is 32.2. The maximum Gasteiger partial charge on any atom is 0.329 e. The van der Waals surface area contributed by atoms with E-state index in [1.165, 1.54) is 0 Å². The number of carboxylic acids is 1. The van der Waals surface area contributed by atoms with Gasteiger partial charge in [-0.1, -0.05) is 26.2 Å². The summed E-state index contributed by atoms with van der Waals surface area (Å²) >= 11 is 1.74. The van der Waals surface area contributed by atoms with Gasteiger partial charge in [0.2, 0.25) is 0 Å². The van der Waals surface area contributed by atoms with E-state index in [0.29, 0.717) is 25.3 Å². The Morgan fingerprint density at radius 2 is 1.95 bits per heavy atom. The van der Waals surface area contributed by atoms with Gasteiger partial charge in [0.1, 0.15) is 5.54 Å². The number of amides is 2. The second-order valence-corrected chi connectivity index (χ2v) is 6.25. The van der Waals surface area contributed by atoms with Crippen LogP contribution in [-0.4, -0.2) is 41.2 Å². The van der Waals surface area contributed by atoms with Crippen molar-refractivity contribution in [2.24, 2.45) is 5.92 Å². The van der Waals surface area contributed by atoms with Gasteiger partial charge in [-0.25, -0.2) is 9.59 Å². The first-order valence-corrected chi connectivity index (χ1v) is 8.18. The topological polar surface area (TPSA) is 78.4 Å².